The van der Waals surface area contributed by atoms with E-state index in [9.17, 15) is 4.79 Å². The Morgan fingerprint density at radius 1 is 0.824 bits per heavy atom. The van der Waals surface area contributed by atoms with Crippen molar-refractivity contribution in [2.75, 3.05) is 16.0 Å². The fraction of sp³-hybridized carbons (Fsp3) is 0.0741. The fourth-order valence-corrected chi connectivity index (χ4v) is 4.56. The van der Waals surface area contributed by atoms with Crippen LogP contribution in [0.2, 0.25) is 0 Å². The highest BCUT2D eigenvalue weighted by Gasteiger charge is 2.22. The predicted octanol–water partition coefficient (Wildman–Crippen LogP) is 6.67. The number of thiocarbonyl (C=S) groups is 1. The average molecular weight is 485 g/mol. The van der Waals surface area contributed by atoms with Gasteiger partial charge in [0.15, 0.2) is 5.11 Å². The van der Waals surface area contributed by atoms with Gasteiger partial charge in [-0.05, 0) is 67.2 Å². The molecule has 0 saturated carbocycles. The van der Waals surface area contributed by atoms with Crippen LogP contribution in [-0.4, -0.2) is 16.0 Å². The molecule has 170 valence electrons. The molecule has 0 aliphatic heterocycles. The molecule has 0 radical (unpaired) electrons. The van der Waals surface area contributed by atoms with Crippen LogP contribution in [0.5, 0.6) is 0 Å². The number of hydrogen-bond donors (Lipinski definition) is 3. The third-order valence-electron chi connectivity index (χ3n) is 4.91. The summed E-state index contributed by atoms with van der Waals surface area (Å²) >= 11 is 6.95. The van der Waals surface area contributed by atoms with Crippen LogP contribution in [0.15, 0.2) is 108 Å². The molecule has 3 N–H and O–H groups in total. The minimum Gasteiger partial charge on any atom is -0.332 e. The number of amides is 1. The van der Waals surface area contributed by atoms with Gasteiger partial charge in [-0.1, -0.05) is 60.2 Å². The van der Waals surface area contributed by atoms with E-state index in [1.54, 1.807) is 12.3 Å². The second-order valence-corrected chi connectivity index (χ2v) is 9.17. The van der Waals surface area contributed by atoms with Crippen molar-refractivity contribution in [1.29, 1.82) is 0 Å². The Balaban J connectivity index is 1.48. The molecule has 1 amide bonds. The Kier molecular flexibility index (Phi) is 7.91. The first-order valence-electron chi connectivity index (χ1n) is 10.7. The third-order valence-corrected chi connectivity index (χ3v) is 6.36. The van der Waals surface area contributed by atoms with Crippen LogP contribution in [0.3, 0.4) is 0 Å². The van der Waals surface area contributed by atoms with Crippen LogP contribution in [-0.2, 0) is 4.79 Å². The Morgan fingerprint density at radius 3 is 2.29 bits per heavy atom. The summed E-state index contributed by atoms with van der Waals surface area (Å²) in [6, 6.07) is 31.0. The number of hydrogen-bond acceptors (Lipinski definition) is 4. The summed E-state index contributed by atoms with van der Waals surface area (Å²) in [6.45, 7) is 2.04. The van der Waals surface area contributed by atoms with Gasteiger partial charge >= 0.3 is 0 Å². The van der Waals surface area contributed by atoms with Gasteiger partial charge in [-0.25, -0.2) is 4.98 Å². The van der Waals surface area contributed by atoms with Gasteiger partial charge in [0.05, 0.1) is 0 Å². The number of aryl methyl sites for hydroxylation is 1. The molecule has 34 heavy (non-hydrogen) atoms. The molecule has 3 aromatic carbocycles. The molecule has 4 rings (SSSR count). The molecule has 0 aliphatic carbocycles. The molecular formula is C27H24N4OS2. The zero-order valence-corrected chi connectivity index (χ0v) is 20.2. The summed E-state index contributed by atoms with van der Waals surface area (Å²) in [6.07, 6.45) is 1.66. The van der Waals surface area contributed by atoms with Crippen molar-refractivity contribution in [3.8, 4) is 0 Å². The fourth-order valence-electron chi connectivity index (χ4n) is 3.24. The topological polar surface area (TPSA) is 66.0 Å². The maximum Gasteiger partial charge on any atom is 0.243 e. The number of carbonyl (C=O) groups excluding carboxylic acids is 1. The Bertz CT molecular complexity index is 1250. The Labute approximate surface area is 209 Å². The van der Waals surface area contributed by atoms with E-state index in [-0.39, 0.29) is 5.91 Å². The lowest BCUT2D eigenvalue weighted by Gasteiger charge is -2.17. The van der Waals surface area contributed by atoms with Crippen LogP contribution < -0.4 is 16.0 Å². The molecule has 1 atom stereocenters. The molecule has 1 heterocycles. The molecule has 0 bridgehead atoms. The highest BCUT2D eigenvalue weighted by molar-refractivity contribution is 8.00. The third kappa shape index (κ3) is 6.66. The SMILES string of the molecule is Cc1ccc(NC(=S)Nc2cccc(SC(C(=O)Nc3ccccn3)c3ccccc3)c2)cc1. The monoisotopic (exact) mass is 484 g/mol. The average Bonchev–Trinajstić information content (AvgIpc) is 2.85. The van der Waals surface area contributed by atoms with Gasteiger partial charge in [0.25, 0.3) is 0 Å². The van der Waals surface area contributed by atoms with E-state index in [1.165, 1.54) is 17.3 Å². The van der Waals surface area contributed by atoms with E-state index in [2.05, 4.69) is 20.9 Å². The molecule has 0 saturated heterocycles. The van der Waals surface area contributed by atoms with Crippen molar-refractivity contribution in [3.63, 3.8) is 0 Å². The lowest BCUT2D eigenvalue weighted by atomic mass is 10.1. The van der Waals surface area contributed by atoms with Crippen LogP contribution >= 0.6 is 24.0 Å². The number of thioether (sulfide) groups is 1. The van der Waals surface area contributed by atoms with Crippen molar-refractivity contribution in [1.82, 2.24) is 4.98 Å². The van der Waals surface area contributed by atoms with Crippen LogP contribution in [0.25, 0.3) is 0 Å². The summed E-state index contributed by atoms with van der Waals surface area (Å²) in [5.41, 5.74) is 3.86. The molecule has 0 aliphatic rings. The van der Waals surface area contributed by atoms with Gasteiger partial charge in [0.2, 0.25) is 5.91 Å². The smallest absolute Gasteiger partial charge is 0.243 e. The van der Waals surface area contributed by atoms with Crippen molar-refractivity contribution in [2.24, 2.45) is 0 Å². The lowest BCUT2D eigenvalue weighted by Crippen LogP contribution is -2.20. The van der Waals surface area contributed by atoms with Crippen molar-refractivity contribution in [2.45, 2.75) is 17.1 Å². The van der Waals surface area contributed by atoms with Crippen LogP contribution in [0.4, 0.5) is 17.2 Å². The Hall–Kier alpha value is -3.68. The molecule has 0 fully saturated rings. The van der Waals surface area contributed by atoms with E-state index >= 15 is 0 Å². The molecular weight excluding hydrogens is 460 g/mol. The normalized spacial score (nSPS) is 11.3. The first kappa shape index (κ1) is 23.5. The van der Waals surface area contributed by atoms with E-state index in [0.717, 1.165) is 21.8 Å². The number of aromatic nitrogens is 1. The van der Waals surface area contributed by atoms with E-state index in [4.69, 9.17) is 12.2 Å². The molecule has 1 unspecified atom stereocenters. The number of rotatable bonds is 7. The minimum absolute atomic E-state index is 0.134. The molecule has 0 spiro atoms. The van der Waals surface area contributed by atoms with Crippen LogP contribution in [0.1, 0.15) is 16.4 Å². The first-order chi connectivity index (χ1) is 16.6. The van der Waals surface area contributed by atoms with Gasteiger partial charge in [-0.2, -0.15) is 0 Å². The summed E-state index contributed by atoms with van der Waals surface area (Å²) in [4.78, 5) is 18.3. The predicted molar refractivity (Wildman–Crippen MR) is 145 cm³/mol. The lowest BCUT2D eigenvalue weighted by molar-refractivity contribution is -0.115. The second kappa shape index (κ2) is 11.4. The minimum atomic E-state index is -0.448. The highest BCUT2D eigenvalue weighted by atomic mass is 32.2. The van der Waals surface area contributed by atoms with Crippen molar-refractivity contribution >= 4 is 52.2 Å². The summed E-state index contributed by atoms with van der Waals surface area (Å²) in [5, 5.41) is 9.39. The van der Waals surface area contributed by atoms with Gasteiger partial charge in [-0.15, -0.1) is 11.8 Å². The van der Waals surface area contributed by atoms with E-state index in [1.807, 2.05) is 97.9 Å². The van der Waals surface area contributed by atoms with Crippen LogP contribution in [0, 0.1) is 6.92 Å². The van der Waals surface area contributed by atoms with E-state index < -0.39 is 5.25 Å². The van der Waals surface area contributed by atoms with Gasteiger partial charge in [0.1, 0.15) is 11.1 Å². The zero-order chi connectivity index (χ0) is 23.8. The Morgan fingerprint density at radius 2 is 1.56 bits per heavy atom. The molecule has 5 nitrogen and oxygen atoms in total. The first-order valence-corrected chi connectivity index (χ1v) is 12.0. The number of nitrogens with one attached hydrogen (secondary N) is 3. The quantitative estimate of drug-likeness (QED) is 0.201. The molecule has 4 aromatic rings. The van der Waals surface area contributed by atoms with Gasteiger partial charge in [0, 0.05) is 22.5 Å². The zero-order valence-electron chi connectivity index (χ0n) is 18.6. The largest absolute Gasteiger partial charge is 0.332 e. The van der Waals surface area contributed by atoms with Crippen molar-refractivity contribution in [3.05, 3.63) is 114 Å². The summed E-state index contributed by atoms with van der Waals surface area (Å²) in [5.74, 6) is 0.391. The molecule has 1 aromatic heterocycles. The number of nitrogens with zero attached hydrogens (tertiary/aromatic N) is 1. The summed E-state index contributed by atoms with van der Waals surface area (Å²) in [7, 11) is 0. The maximum absolute atomic E-state index is 13.2. The molecule has 7 heteroatoms. The van der Waals surface area contributed by atoms with Gasteiger partial charge < -0.3 is 16.0 Å². The number of anilines is 3. The number of benzene rings is 3. The highest BCUT2D eigenvalue weighted by Crippen LogP contribution is 2.37. The standard InChI is InChI=1S/C27H24N4OS2/c1-19-13-15-21(16-14-19)29-27(33)30-22-10-7-11-23(18-22)34-25(20-8-3-2-4-9-20)26(32)31-24-12-5-6-17-28-24/h2-18,25H,1H3,(H,28,31,32)(H2,29,30,33). The summed E-state index contributed by atoms with van der Waals surface area (Å²) < 4.78 is 0. The van der Waals surface area contributed by atoms with Gasteiger partial charge in [-0.3, -0.25) is 4.79 Å². The second-order valence-electron chi connectivity index (χ2n) is 7.59. The number of pyridine rings is 1. The maximum atomic E-state index is 13.2. The number of carbonyl (C=O) groups is 1. The van der Waals surface area contributed by atoms with E-state index in [0.29, 0.717) is 10.9 Å². The van der Waals surface area contributed by atoms with Crippen molar-refractivity contribution < 1.29 is 4.79 Å².